The number of hydrogen-bond acceptors (Lipinski definition) is 4. The predicted octanol–water partition coefficient (Wildman–Crippen LogP) is 4.83. The van der Waals surface area contributed by atoms with E-state index in [2.05, 4.69) is 35.1 Å². The smallest absolute Gasteiger partial charge is 0.148 e. The van der Waals surface area contributed by atoms with Crippen LogP contribution in [0.5, 0.6) is 0 Å². The molecule has 0 saturated heterocycles. The van der Waals surface area contributed by atoms with E-state index < -0.39 is 0 Å². The van der Waals surface area contributed by atoms with Crippen LogP contribution in [-0.2, 0) is 4.79 Å². The molecule has 4 heteroatoms. The summed E-state index contributed by atoms with van der Waals surface area (Å²) in [6, 6.07) is 4.09. The number of rotatable bonds is 8. The molecule has 0 aromatic carbocycles. The molecule has 1 aliphatic carbocycles. The Balaban J connectivity index is 1.58. The third-order valence-electron chi connectivity index (χ3n) is 4.24. The van der Waals surface area contributed by atoms with E-state index in [9.17, 15) is 4.79 Å². The van der Waals surface area contributed by atoms with E-state index in [4.69, 9.17) is 0 Å². The van der Waals surface area contributed by atoms with Crippen LogP contribution in [0, 0.1) is 5.92 Å². The number of carbonyl (C=O) groups is 1. The van der Waals surface area contributed by atoms with Crippen molar-refractivity contribution in [2.45, 2.75) is 32.6 Å². The quantitative estimate of drug-likeness (QED) is 0.682. The van der Waals surface area contributed by atoms with Gasteiger partial charge in [-0.15, -0.1) is 11.8 Å². The van der Waals surface area contributed by atoms with Gasteiger partial charge in [-0.05, 0) is 28.5 Å². The van der Waals surface area contributed by atoms with Gasteiger partial charge in [-0.2, -0.15) is 0 Å². The molecule has 124 valence electrons. The molecule has 0 spiro atoms. The zero-order chi connectivity index (χ0) is 16.8. The molecule has 3 rings (SSSR count). The lowest BCUT2D eigenvalue weighted by atomic mass is 9.93. The van der Waals surface area contributed by atoms with E-state index in [0.29, 0.717) is 18.1 Å². The van der Waals surface area contributed by atoms with Gasteiger partial charge < -0.3 is 0 Å². The van der Waals surface area contributed by atoms with Gasteiger partial charge in [0.2, 0.25) is 0 Å². The van der Waals surface area contributed by atoms with Crippen LogP contribution in [0.15, 0.2) is 58.9 Å². The third kappa shape index (κ3) is 4.12. The summed E-state index contributed by atoms with van der Waals surface area (Å²) in [5.41, 5.74) is 3.49. The summed E-state index contributed by atoms with van der Waals surface area (Å²) in [6.45, 7) is 2.21. The maximum atomic E-state index is 12.2. The average molecular weight is 338 g/mol. The number of allylic oxidation sites excluding steroid dienone is 5. The Hall–Kier alpha value is -1.94. The maximum absolute atomic E-state index is 12.2. The van der Waals surface area contributed by atoms with Gasteiger partial charge in [0.05, 0.1) is 5.75 Å². The number of thioether (sulfide) groups is 1. The summed E-state index contributed by atoms with van der Waals surface area (Å²) >= 11 is 1.69. The minimum Gasteiger partial charge on any atom is -0.298 e. The van der Waals surface area contributed by atoms with Gasteiger partial charge in [-0.1, -0.05) is 37.6 Å². The summed E-state index contributed by atoms with van der Waals surface area (Å²) in [6.07, 6.45) is 15.4. The summed E-state index contributed by atoms with van der Waals surface area (Å²) in [5, 5.41) is 0. The molecule has 0 saturated carbocycles. The second kappa shape index (κ2) is 8.25. The first-order valence-corrected chi connectivity index (χ1v) is 9.43. The Morgan fingerprint density at radius 1 is 1.38 bits per heavy atom. The molecule has 0 amide bonds. The Bertz CT molecular complexity index is 716. The molecule has 0 N–H and O–H groups in total. The molecule has 2 heterocycles. The fraction of sp³-hybridized carbons (Fsp3) is 0.350. The molecule has 1 atom stereocenters. The van der Waals surface area contributed by atoms with Gasteiger partial charge in [0.1, 0.15) is 5.78 Å². The number of aliphatic imine (C=N–C) groups is 1. The van der Waals surface area contributed by atoms with E-state index >= 15 is 0 Å². The molecule has 1 unspecified atom stereocenters. The molecule has 1 aromatic heterocycles. The minimum atomic E-state index is 0.258. The second-order valence-electron chi connectivity index (χ2n) is 6.06. The van der Waals surface area contributed by atoms with Crippen LogP contribution in [0.4, 0.5) is 0 Å². The summed E-state index contributed by atoms with van der Waals surface area (Å²) in [5.74, 6) is 1.18. The van der Waals surface area contributed by atoms with Crippen molar-refractivity contribution in [3.8, 4) is 0 Å². The number of pyridine rings is 1. The van der Waals surface area contributed by atoms with E-state index in [1.807, 2.05) is 18.3 Å². The highest BCUT2D eigenvalue weighted by Crippen LogP contribution is 2.42. The van der Waals surface area contributed by atoms with Crippen LogP contribution < -0.4 is 0 Å². The Morgan fingerprint density at radius 3 is 3.00 bits per heavy atom. The molecule has 3 nitrogen and oxygen atoms in total. The van der Waals surface area contributed by atoms with Crippen LogP contribution in [0.1, 0.15) is 38.2 Å². The van der Waals surface area contributed by atoms with E-state index in [1.54, 1.807) is 24.2 Å². The van der Waals surface area contributed by atoms with Crippen LogP contribution in [0.25, 0.3) is 5.57 Å². The molecule has 1 aliphatic heterocycles. The molecule has 0 radical (unpaired) electrons. The third-order valence-corrected chi connectivity index (χ3v) is 5.46. The highest BCUT2D eigenvalue weighted by molar-refractivity contribution is 8.03. The molecule has 1 aromatic rings. The Morgan fingerprint density at radius 2 is 2.29 bits per heavy atom. The fourth-order valence-corrected chi connectivity index (χ4v) is 4.12. The largest absolute Gasteiger partial charge is 0.298 e. The van der Waals surface area contributed by atoms with Crippen molar-refractivity contribution in [2.75, 3.05) is 5.75 Å². The van der Waals surface area contributed by atoms with Crippen LogP contribution in [0.3, 0.4) is 0 Å². The Kier molecular flexibility index (Phi) is 5.81. The number of hydrogen-bond donors (Lipinski definition) is 0. The van der Waals surface area contributed by atoms with E-state index in [1.165, 1.54) is 16.0 Å². The molecular formula is C20H22N2OS. The van der Waals surface area contributed by atoms with Gasteiger partial charge in [0, 0.05) is 43.1 Å². The number of aromatic nitrogens is 1. The first kappa shape index (κ1) is 16.9. The van der Waals surface area contributed by atoms with Crippen molar-refractivity contribution < 1.29 is 4.79 Å². The van der Waals surface area contributed by atoms with Gasteiger partial charge in [-0.3, -0.25) is 14.8 Å². The monoisotopic (exact) mass is 338 g/mol. The van der Waals surface area contributed by atoms with Crippen LogP contribution in [-0.4, -0.2) is 22.2 Å². The van der Waals surface area contributed by atoms with Crippen molar-refractivity contribution in [3.63, 3.8) is 0 Å². The number of nitrogens with zero attached hydrogens (tertiary/aromatic N) is 2. The van der Waals surface area contributed by atoms with Crippen molar-refractivity contribution >= 4 is 28.8 Å². The summed E-state index contributed by atoms with van der Waals surface area (Å²) < 4.78 is 0. The first-order valence-electron chi connectivity index (χ1n) is 8.45. The highest BCUT2D eigenvalue weighted by Gasteiger charge is 2.24. The first-order chi connectivity index (χ1) is 11.8. The normalized spacial score (nSPS) is 19.2. The second-order valence-corrected chi connectivity index (χ2v) is 7.11. The van der Waals surface area contributed by atoms with Gasteiger partial charge >= 0.3 is 0 Å². The average Bonchev–Trinajstić information content (AvgIpc) is 3.24. The summed E-state index contributed by atoms with van der Waals surface area (Å²) in [4.78, 5) is 22.0. The van der Waals surface area contributed by atoms with E-state index in [-0.39, 0.29) is 5.78 Å². The lowest BCUT2D eigenvalue weighted by Crippen LogP contribution is -2.10. The fourth-order valence-electron chi connectivity index (χ4n) is 3.08. The SMILES string of the molecule is CCCC1C(SCC(=O)CC2=NC=CC2)=CC=C1c1cccnc1. The topological polar surface area (TPSA) is 42.3 Å². The van der Waals surface area contributed by atoms with Crippen LogP contribution in [0.2, 0.25) is 0 Å². The highest BCUT2D eigenvalue weighted by atomic mass is 32.2. The van der Waals surface area contributed by atoms with Gasteiger partial charge in [0.15, 0.2) is 0 Å². The Labute approximate surface area is 147 Å². The van der Waals surface area contributed by atoms with Crippen molar-refractivity contribution in [1.82, 2.24) is 4.98 Å². The van der Waals surface area contributed by atoms with Crippen molar-refractivity contribution in [3.05, 3.63) is 59.4 Å². The van der Waals surface area contributed by atoms with Crippen molar-refractivity contribution in [2.24, 2.45) is 10.9 Å². The number of carbonyl (C=O) groups excluding carboxylic acids is 1. The number of Topliss-reactive ketones (excluding diaryl/α,β-unsaturated/α-hetero) is 1. The standard InChI is InChI=1S/C20H22N2OS/c1-2-5-19-18(15-6-3-10-21-13-15)8-9-20(19)24-14-17(23)12-16-7-4-11-22-16/h3-4,6,8-11,13,19H,2,5,7,12,14H2,1H3. The predicted molar refractivity (Wildman–Crippen MR) is 102 cm³/mol. The summed E-state index contributed by atoms with van der Waals surface area (Å²) in [7, 11) is 0. The number of ketones is 1. The molecule has 2 aliphatic rings. The molecule has 24 heavy (non-hydrogen) atoms. The van der Waals surface area contributed by atoms with Crippen molar-refractivity contribution in [1.29, 1.82) is 0 Å². The van der Waals surface area contributed by atoms with E-state index in [0.717, 1.165) is 25.0 Å². The zero-order valence-electron chi connectivity index (χ0n) is 13.9. The molecule has 0 bridgehead atoms. The molecule has 0 fully saturated rings. The van der Waals surface area contributed by atoms with Gasteiger partial charge in [0.25, 0.3) is 0 Å². The lowest BCUT2D eigenvalue weighted by molar-refractivity contribution is -0.115. The zero-order valence-corrected chi connectivity index (χ0v) is 14.8. The lowest BCUT2D eigenvalue weighted by Gasteiger charge is -2.18. The molecular weight excluding hydrogens is 316 g/mol. The van der Waals surface area contributed by atoms with Gasteiger partial charge in [-0.25, -0.2) is 0 Å². The van der Waals surface area contributed by atoms with Crippen LogP contribution >= 0.6 is 11.8 Å². The maximum Gasteiger partial charge on any atom is 0.148 e. The minimum absolute atomic E-state index is 0.258.